The molecule has 0 spiro atoms. The third kappa shape index (κ3) is 10.1. The predicted molar refractivity (Wildman–Crippen MR) is 82.2 cm³/mol. The maximum Gasteiger partial charge on any atom is 0.198 e. The Morgan fingerprint density at radius 3 is 1.79 bits per heavy atom. The summed E-state index contributed by atoms with van der Waals surface area (Å²) in [6.07, 6.45) is 18.8. The lowest BCUT2D eigenvalue weighted by Gasteiger charge is -2.26. The quantitative estimate of drug-likeness (QED) is 0.485. The van der Waals surface area contributed by atoms with E-state index in [0.29, 0.717) is 6.42 Å². The normalized spacial score (nSPS) is 16.6. The summed E-state index contributed by atoms with van der Waals surface area (Å²) >= 11 is 0. The molecule has 1 aliphatic rings. The second-order valence-electron chi connectivity index (χ2n) is 5.98. The molecule has 0 unspecified atom stereocenters. The molecule has 0 aromatic rings. The van der Waals surface area contributed by atoms with E-state index >= 15 is 0 Å². The third-order valence-corrected chi connectivity index (χ3v) is 4.20. The summed E-state index contributed by atoms with van der Waals surface area (Å²) in [6.45, 7) is 4.03. The number of hydrogen-bond acceptors (Lipinski definition) is 2. The highest BCUT2D eigenvalue weighted by atomic mass is 16.1. The average molecular weight is 266 g/mol. The molecular formula is C17H32NO. The number of hydrogen-bond donors (Lipinski definition) is 0. The van der Waals surface area contributed by atoms with Crippen molar-refractivity contribution in [1.82, 2.24) is 4.90 Å². The molecule has 0 amide bonds. The number of likely N-dealkylation sites (tertiary alicyclic amines) is 1. The Kier molecular flexibility index (Phi) is 11.1. The van der Waals surface area contributed by atoms with Crippen LogP contribution in [0.1, 0.15) is 83.5 Å². The largest absolute Gasteiger partial charge is 0.303 e. The van der Waals surface area contributed by atoms with Crippen LogP contribution in [-0.2, 0) is 4.79 Å². The Morgan fingerprint density at radius 1 is 0.684 bits per heavy atom. The van der Waals surface area contributed by atoms with Crippen molar-refractivity contribution in [2.75, 3.05) is 19.6 Å². The van der Waals surface area contributed by atoms with Gasteiger partial charge in [-0.25, -0.2) is 0 Å². The van der Waals surface area contributed by atoms with E-state index in [1.807, 2.05) is 6.29 Å². The minimum atomic E-state index is 0.635. The number of unbranched alkanes of at least 4 members (excludes halogenated alkanes) is 9. The summed E-state index contributed by atoms with van der Waals surface area (Å²) in [5, 5.41) is 0. The van der Waals surface area contributed by atoms with Crippen LogP contribution in [0.3, 0.4) is 0 Å². The smallest absolute Gasteiger partial charge is 0.198 e. The van der Waals surface area contributed by atoms with Gasteiger partial charge in [-0.1, -0.05) is 51.4 Å². The summed E-state index contributed by atoms with van der Waals surface area (Å²) in [4.78, 5) is 12.7. The molecule has 2 heteroatoms. The van der Waals surface area contributed by atoms with E-state index < -0.39 is 0 Å². The lowest BCUT2D eigenvalue weighted by atomic mass is 10.1. The fourth-order valence-electron chi connectivity index (χ4n) is 2.95. The van der Waals surface area contributed by atoms with Gasteiger partial charge in [0.25, 0.3) is 0 Å². The molecule has 0 bridgehead atoms. The van der Waals surface area contributed by atoms with Gasteiger partial charge < -0.3 is 4.90 Å². The van der Waals surface area contributed by atoms with Crippen LogP contribution in [-0.4, -0.2) is 30.8 Å². The molecule has 1 rings (SSSR count). The van der Waals surface area contributed by atoms with E-state index in [0.717, 1.165) is 6.42 Å². The van der Waals surface area contributed by atoms with Gasteiger partial charge in [-0.3, -0.25) is 4.79 Å². The van der Waals surface area contributed by atoms with E-state index in [2.05, 4.69) is 4.90 Å². The van der Waals surface area contributed by atoms with Gasteiger partial charge in [0.15, 0.2) is 6.29 Å². The van der Waals surface area contributed by atoms with Gasteiger partial charge in [-0.2, -0.15) is 0 Å². The van der Waals surface area contributed by atoms with E-state index in [1.165, 1.54) is 90.3 Å². The molecule has 0 saturated carbocycles. The lowest BCUT2D eigenvalue weighted by molar-refractivity contribution is 0.224. The van der Waals surface area contributed by atoms with E-state index in [9.17, 15) is 4.79 Å². The van der Waals surface area contributed by atoms with Crippen LogP contribution in [0.2, 0.25) is 0 Å². The molecule has 1 radical (unpaired) electrons. The zero-order chi connectivity index (χ0) is 13.6. The summed E-state index contributed by atoms with van der Waals surface area (Å²) < 4.78 is 0. The van der Waals surface area contributed by atoms with Gasteiger partial charge in [-0.05, 0) is 45.3 Å². The van der Waals surface area contributed by atoms with E-state index in [4.69, 9.17) is 0 Å². The zero-order valence-electron chi connectivity index (χ0n) is 12.7. The van der Waals surface area contributed by atoms with Crippen molar-refractivity contribution < 1.29 is 4.79 Å². The van der Waals surface area contributed by atoms with Crippen molar-refractivity contribution in [2.24, 2.45) is 0 Å². The van der Waals surface area contributed by atoms with Gasteiger partial charge in [-0.15, -0.1) is 0 Å². The minimum absolute atomic E-state index is 0.635. The Hall–Kier alpha value is -0.370. The van der Waals surface area contributed by atoms with Crippen molar-refractivity contribution >= 4 is 6.29 Å². The second-order valence-corrected chi connectivity index (χ2v) is 5.98. The topological polar surface area (TPSA) is 20.3 Å². The standard InChI is InChI=1S/C17H32NO/c19-17-13-8-6-4-2-1-3-5-7-10-14-18-15-11-9-12-16-18/h1-16H2. The van der Waals surface area contributed by atoms with Crippen LogP contribution in [0.4, 0.5) is 0 Å². The Balaban J connectivity index is 1.72. The molecule has 0 aromatic heterocycles. The van der Waals surface area contributed by atoms with Gasteiger partial charge >= 0.3 is 0 Å². The monoisotopic (exact) mass is 266 g/mol. The molecule has 111 valence electrons. The maximum atomic E-state index is 10.0. The minimum Gasteiger partial charge on any atom is -0.303 e. The molecule has 0 aromatic carbocycles. The van der Waals surface area contributed by atoms with Gasteiger partial charge in [0, 0.05) is 6.42 Å². The van der Waals surface area contributed by atoms with Crippen LogP contribution in [0.25, 0.3) is 0 Å². The van der Waals surface area contributed by atoms with E-state index in [-0.39, 0.29) is 0 Å². The first-order valence-corrected chi connectivity index (χ1v) is 8.51. The molecule has 0 atom stereocenters. The van der Waals surface area contributed by atoms with Crippen LogP contribution in [0.5, 0.6) is 0 Å². The van der Waals surface area contributed by atoms with Crippen molar-refractivity contribution in [2.45, 2.75) is 83.5 Å². The molecule has 0 N–H and O–H groups in total. The summed E-state index contributed by atoms with van der Waals surface area (Å²) in [7, 11) is 0. The predicted octanol–water partition coefficient (Wildman–Crippen LogP) is 4.48. The first-order chi connectivity index (χ1) is 9.43. The Labute approximate surface area is 119 Å². The number of rotatable bonds is 12. The van der Waals surface area contributed by atoms with Crippen molar-refractivity contribution in [3.63, 3.8) is 0 Å². The van der Waals surface area contributed by atoms with Crippen LogP contribution < -0.4 is 0 Å². The first-order valence-electron chi connectivity index (χ1n) is 8.51. The molecule has 1 heterocycles. The summed E-state index contributed by atoms with van der Waals surface area (Å²) in [6, 6.07) is 0. The van der Waals surface area contributed by atoms with Gasteiger partial charge in [0.2, 0.25) is 0 Å². The molecule has 2 nitrogen and oxygen atoms in total. The number of piperidine rings is 1. The second kappa shape index (κ2) is 12.7. The highest BCUT2D eigenvalue weighted by molar-refractivity contribution is 5.50. The molecular weight excluding hydrogens is 234 g/mol. The van der Waals surface area contributed by atoms with Crippen LogP contribution >= 0.6 is 0 Å². The van der Waals surface area contributed by atoms with Crippen molar-refractivity contribution in [3.05, 3.63) is 0 Å². The molecule has 19 heavy (non-hydrogen) atoms. The number of carbonyl (C=O) groups excluding carboxylic acids is 1. The average Bonchev–Trinajstić information content (AvgIpc) is 2.46. The highest BCUT2D eigenvalue weighted by Gasteiger charge is 2.08. The van der Waals surface area contributed by atoms with Crippen molar-refractivity contribution in [1.29, 1.82) is 0 Å². The lowest BCUT2D eigenvalue weighted by Crippen LogP contribution is -2.30. The highest BCUT2D eigenvalue weighted by Crippen LogP contribution is 2.12. The molecule has 1 saturated heterocycles. The Morgan fingerprint density at radius 2 is 1.21 bits per heavy atom. The molecule has 1 aliphatic heterocycles. The van der Waals surface area contributed by atoms with Crippen molar-refractivity contribution in [3.8, 4) is 0 Å². The molecule has 1 fully saturated rings. The summed E-state index contributed by atoms with van der Waals surface area (Å²) in [5.74, 6) is 0. The zero-order valence-corrected chi connectivity index (χ0v) is 12.7. The maximum absolute atomic E-state index is 10.0. The first kappa shape index (κ1) is 16.7. The summed E-state index contributed by atoms with van der Waals surface area (Å²) in [5.41, 5.74) is 0. The van der Waals surface area contributed by atoms with Crippen LogP contribution in [0, 0.1) is 0 Å². The fourth-order valence-corrected chi connectivity index (χ4v) is 2.95. The van der Waals surface area contributed by atoms with E-state index in [1.54, 1.807) is 0 Å². The van der Waals surface area contributed by atoms with Gasteiger partial charge in [0.1, 0.15) is 0 Å². The molecule has 0 aliphatic carbocycles. The Bertz CT molecular complexity index is 199. The van der Waals surface area contributed by atoms with Gasteiger partial charge in [0.05, 0.1) is 0 Å². The third-order valence-electron chi connectivity index (χ3n) is 4.20. The SMILES string of the molecule is O=[C]CCCCCCCCCCCN1CCCCC1. The fraction of sp³-hybridized carbons (Fsp3) is 0.941. The van der Waals surface area contributed by atoms with Crippen LogP contribution in [0.15, 0.2) is 0 Å². The number of nitrogens with zero attached hydrogens (tertiary/aromatic N) is 1.